The average molecular weight is 372 g/mol. The number of hydrogen-bond acceptors (Lipinski definition) is 6. The van der Waals surface area contributed by atoms with Crippen LogP contribution in [0.25, 0.3) is 5.57 Å². The summed E-state index contributed by atoms with van der Waals surface area (Å²) in [6.45, 7) is 0. The second-order valence-electron chi connectivity index (χ2n) is 5.20. The maximum Gasteiger partial charge on any atom is 0.416 e. The molecule has 0 amide bonds. The third-order valence-corrected chi connectivity index (χ3v) is 3.34. The van der Waals surface area contributed by atoms with Gasteiger partial charge in [0, 0.05) is 11.9 Å². The molecule has 0 saturated heterocycles. The van der Waals surface area contributed by atoms with Crippen molar-refractivity contribution in [3.05, 3.63) is 66.1 Å². The number of H-pyrrole nitrogens is 1. The van der Waals surface area contributed by atoms with Crippen LogP contribution >= 0.6 is 0 Å². The van der Waals surface area contributed by atoms with Crippen LogP contribution in [0.5, 0.6) is 11.5 Å². The standard InChI is InChI=1S/C17H11F3N6O/c18-17(19,20)12-2-1-3-15(8-12)27-14-6-4-13(5-7-14)22-10-11(9-21)16-23-25-26-24-16/h1-8,10,22H,(H,23,24,25,26). The van der Waals surface area contributed by atoms with E-state index in [4.69, 9.17) is 10.00 Å². The van der Waals surface area contributed by atoms with Crippen LogP contribution in [-0.4, -0.2) is 20.6 Å². The van der Waals surface area contributed by atoms with Gasteiger partial charge in [-0.05, 0) is 47.7 Å². The van der Waals surface area contributed by atoms with Gasteiger partial charge >= 0.3 is 6.18 Å². The zero-order valence-corrected chi connectivity index (χ0v) is 13.5. The molecule has 1 aromatic heterocycles. The fourth-order valence-corrected chi connectivity index (χ4v) is 2.07. The lowest BCUT2D eigenvalue weighted by Gasteiger charge is -2.10. The number of ether oxygens (including phenoxy) is 1. The zero-order valence-electron chi connectivity index (χ0n) is 13.5. The average Bonchev–Trinajstić information content (AvgIpc) is 3.18. The number of aromatic amines is 1. The summed E-state index contributed by atoms with van der Waals surface area (Å²) in [4.78, 5) is 0. The number of rotatable bonds is 5. The number of halogens is 3. The van der Waals surface area contributed by atoms with Gasteiger partial charge in [-0.2, -0.15) is 23.6 Å². The Morgan fingerprint density at radius 2 is 1.93 bits per heavy atom. The summed E-state index contributed by atoms with van der Waals surface area (Å²) >= 11 is 0. The number of nitrogens with one attached hydrogen (secondary N) is 2. The molecule has 0 aliphatic heterocycles. The maximum absolute atomic E-state index is 12.7. The van der Waals surface area contributed by atoms with Crippen LogP contribution in [-0.2, 0) is 6.18 Å². The molecule has 0 unspecified atom stereocenters. The van der Waals surface area contributed by atoms with Crippen molar-refractivity contribution in [1.82, 2.24) is 20.6 Å². The van der Waals surface area contributed by atoms with Gasteiger partial charge in [0.2, 0.25) is 5.82 Å². The molecule has 2 N–H and O–H groups in total. The summed E-state index contributed by atoms with van der Waals surface area (Å²) in [5, 5.41) is 25.0. The molecule has 0 spiro atoms. The summed E-state index contributed by atoms with van der Waals surface area (Å²) in [7, 11) is 0. The fourth-order valence-electron chi connectivity index (χ4n) is 2.07. The predicted octanol–water partition coefficient (Wildman–Crippen LogP) is 3.99. The van der Waals surface area contributed by atoms with Crippen LogP contribution in [0.15, 0.2) is 54.7 Å². The van der Waals surface area contributed by atoms with Crippen LogP contribution in [0.1, 0.15) is 11.4 Å². The minimum atomic E-state index is -4.43. The van der Waals surface area contributed by atoms with E-state index in [-0.39, 0.29) is 17.1 Å². The van der Waals surface area contributed by atoms with Crippen molar-refractivity contribution in [2.24, 2.45) is 0 Å². The predicted molar refractivity (Wildman–Crippen MR) is 89.4 cm³/mol. The summed E-state index contributed by atoms with van der Waals surface area (Å²) in [6, 6.07) is 13.0. The van der Waals surface area contributed by atoms with Gasteiger partial charge in [-0.3, -0.25) is 0 Å². The van der Waals surface area contributed by atoms with Gasteiger partial charge < -0.3 is 10.1 Å². The van der Waals surface area contributed by atoms with Gasteiger partial charge in [0.05, 0.1) is 5.56 Å². The molecule has 0 radical (unpaired) electrons. The highest BCUT2D eigenvalue weighted by atomic mass is 19.4. The van der Waals surface area contributed by atoms with Crippen molar-refractivity contribution in [1.29, 1.82) is 5.26 Å². The third-order valence-electron chi connectivity index (χ3n) is 3.34. The number of nitrogens with zero attached hydrogens (tertiary/aromatic N) is 4. The van der Waals surface area contributed by atoms with Crippen LogP contribution in [0, 0.1) is 11.3 Å². The lowest BCUT2D eigenvalue weighted by Crippen LogP contribution is -2.04. The summed E-state index contributed by atoms with van der Waals surface area (Å²) in [6.07, 6.45) is -3.02. The number of benzene rings is 2. The summed E-state index contributed by atoms with van der Waals surface area (Å²) < 4.78 is 43.6. The number of allylic oxidation sites excluding steroid dienone is 1. The molecule has 0 aliphatic rings. The van der Waals surface area contributed by atoms with Crippen molar-refractivity contribution in [2.75, 3.05) is 5.32 Å². The Bertz CT molecular complexity index is 975. The molecule has 10 heteroatoms. The van der Waals surface area contributed by atoms with E-state index < -0.39 is 11.7 Å². The van der Waals surface area contributed by atoms with E-state index in [1.54, 1.807) is 24.3 Å². The molecule has 1 heterocycles. The highest BCUT2D eigenvalue weighted by Crippen LogP contribution is 2.32. The Morgan fingerprint density at radius 3 is 2.56 bits per heavy atom. The van der Waals surface area contributed by atoms with Crippen LogP contribution < -0.4 is 10.1 Å². The second-order valence-corrected chi connectivity index (χ2v) is 5.20. The Hall–Kier alpha value is -3.87. The molecule has 136 valence electrons. The molecular weight excluding hydrogens is 361 g/mol. The van der Waals surface area contributed by atoms with Crippen molar-refractivity contribution in [2.45, 2.75) is 6.18 Å². The van der Waals surface area contributed by atoms with E-state index in [9.17, 15) is 13.2 Å². The zero-order chi connectivity index (χ0) is 19.3. The Kier molecular flexibility index (Phi) is 5.03. The quantitative estimate of drug-likeness (QED) is 0.657. The number of tetrazole rings is 1. The number of anilines is 1. The first-order chi connectivity index (χ1) is 13.0. The number of alkyl halides is 3. The van der Waals surface area contributed by atoms with E-state index in [1.807, 2.05) is 6.07 Å². The van der Waals surface area contributed by atoms with Crippen molar-refractivity contribution >= 4 is 11.3 Å². The second kappa shape index (κ2) is 7.57. The molecule has 27 heavy (non-hydrogen) atoms. The van der Waals surface area contributed by atoms with E-state index in [2.05, 4.69) is 25.9 Å². The first-order valence-corrected chi connectivity index (χ1v) is 7.51. The smallest absolute Gasteiger partial charge is 0.416 e. The van der Waals surface area contributed by atoms with Crippen molar-refractivity contribution in [3.63, 3.8) is 0 Å². The Morgan fingerprint density at radius 1 is 1.15 bits per heavy atom. The molecule has 2 aromatic carbocycles. The van der Waals surface area contributed by atoms with Gasteiger partial charge in [-0.15, -0.1) is 10.2 Å². The highest BCUT2D eigenvalue weighted by Gasteiger charge is 2.30. The normalized spacial score (nSPS) is 11.7. The minimum Gasteiger partial charge on any atom is -0.457 e. The number of aromatic nitrogens is 4. The molecule has 7 nitrogen and oxygen atoms in total. The lowest BCUT2D eigenvalue weighted by molar-refractivity contribution is -0.137. The summed E-state index contributed by atoms with van der Waals surface area (Å²) in [5.74, 6) is 0.589. The van der Waals surface area contributed by atoms with Gasteiger partial charge in [-0.25, -0.2) is 0 Å². The molecule has 0 fully saturated rings. The molecular formula is C17H11F3N6O. The maximum atomic E-state index is 12.7. The molecule has 3 rings (SSSR count). The molecule has 0 atom stereocenters. The van der Waals surface area contributed by atoms with Gasteiger partial charge in [0.1, 0.15) is 23.1 Å². The molecule has 3 aromatic rings. The van der Waals surface area contributed by atoms with Gasteiger partial charge in [-0.1, -0.05) is 6.07 Å². The van der Waals surface area contributed by atoms with E-state index >= 15 is 0 Å². The Balaban J connectivity index is 1.68. The summed E-state index contributed by atoms with van der Waals surface area (Å²) in [5.41, 5.74) is 0.0181. The fraction of sp³-hybridized carbons (Fsp3) is 0.0588. The highest BCUT2D eigenvalue weighted by molar-refractivity contribution is 5.74. The van der Waals surface area contributed by atoms with Crippen LogP contribution in [0.3, 0.4) is 0 Å². The molecule has 0 saturated carbocycles. The molecule has 0 aliphatic carbocycles. The van der Waals surface area contributed by atoms with Crippen LogP contribution in [0.4, 0.5) is 18.9 Å². The monoisotopic (exact) mass is 372 g/mol. The van der Waals surface area contributed by atoms with Gasteiger partial charge in [0.15, 0.2) is 0 Å². The van der Waals surface area contributed by atoms with Crippen molar-refractivity contribution < 1.29 is 17.9 Å². The van der Waals surface area contributed by atoms with Gasteiger partial charge in [0.25, 0.3) is 0 Å². The number of hydrogen-bond donors (Lipinski definition) is 2. The first-order valence-electron chi connectivity index (χ1n) is 7.51. The first kappa shape index (κ1) is 17.9. The molecule has 0 bridgehead atoms. The van der Waals surface area contributed by atoms with E-state index in [0.717, 1.165) is 12.1 Å². The Labute approximate surface area is 151 Å². The number of nitriles is 1. The van der Waals surface area contributed by atoms with Crippen LogP contribution in [0.2, 0.25) is 0 Å². The lowest BCUT2D eigenvalue weighted by atomic mass is 10.2. The van der Waals surface area contributed by atoms with E-state index in [0.29, 0.717) is 11.4 Å². The van der Waals surface area contributed by atoms with E-state index in [1.165, 1.54) is 18.3 Å². The van der Waals surface area contributed by atoms with Crippen molar-refractivity contribution in [3.8, 4) is 17.6 Å². The largest absolute Gasteiger partial charge is 0.457 e. The topological polar surface area (TPSA) is 99.5 Å². The third kappa shape index (κ3) is 4.60. The SMILES string of the molecule is N#CC(=CNc1ccc(Oc2cccc(C(F)(F)F)c2)cc1)c1nn[nH]n1. The minimum absolute atomic E-state index is 0.0781.